The third-order valence-electron chi connectivity index (χ3n) is 2.43. The van der Waals surface area contributed by atoms with Crippen molar-refractivity contribution in [1.29, 1.82) is 0 Å². The molecule has 2 aromatic rings. The molecule has 90 valence electrons. The Bertz CT molecular complexity index is 596. The number of nitrogens with two attached hydrogens (primary N) is 1. The number of nitro groups is 1. The third-order valence-corrected chi connectivity index (χ3v) is 2.43. The van der Waals surface area contributed by atoms with E-state index in [4.69, 9.17) is 5.73 Å². The summed E-state index contributed by atoms with van der Waals surface area (Å²) in [6.07, 6.45) is 0. The van der Waals surface area contributed by atoms with Crippen LogP contribution >= 0.6 is 0 Å². The van der Waals surface area contributed by atoms with E-state index >= 15 is 0 Å². The maximum atomic E-state index is 10.9. The van der Waals surface area contributed by atoms with Crippen LogP contribution in [0.2, 0.25) is 0 Å². The van der Waals surface area contributed by atoms with E-state index < -0.39 is 4.92 Å². The van der Waals surface area contributed by atoms with Crippen LogP contribution in [0.3, 0.4) is 0 Å². The van der Waals surface area contributed by atoms with Crippen molar-refractivity contribution < 1.29 is 4.92 Å². The number of nitrogens with zero attached hydrogens (tertiary/aromatic N) is 3. The van der Waals surface area contributed by atoms with Gasteiger partial charge in [0.1, 0.15) is 5.69 Å². The van der Waals surface area contributed by atoms with Crippen LogP contribution < -0.4 is 5.73 Å². The predicted octanol–water partition coefficient (Wildman–Crippen LogP) is 2.37. The Kier molecular flexibility index (Phi) is 3.26. The largest absolute Gasteiger partial charge is 0.393 e. The number of hydrogen-bond acceptors (Lipinski definition) is 5. The molecule has 0 radical (unpaired) electrons. The topological polar surface area (TPSA) is 94.9 Å². The first-order chi connectivity index (χ1) is 7.50. The van der Waals surface area contributed by atoms with Gasteiger partial charge in [-0.3, -0.25) is 10.1 Å². The molecule has 0 aliphatic heterocycles. The number of nitro benzene ring substituents is 1. The number of benzene rings is 1. The van der Waals surface area contributed by atoms with Gasteiger partial charge in [0, 0.05) is 0 Å². The van der Waals surface area contributed by atoms with E-state index in [1.54, 1.807) is 13.0 Å². The fourth-order valence-electron chi connectivity index (χ4n) is 1.49. The average Bonchev–Trinajstić information content (AvgIpc) is 2.20. The van der Waals surface area contributed by atoms with Gasteiger partial charge < -0.3 is 5.73 Å². The van der Waals surface area contributed by atoms with E-state index in [0.717, 1.165) is 5.69 Å². The van der Waals surface area contributed by atoms with Crippen LogP contribution in [0.5, 0.6) is 0 Å². The van der Waals surface area contributed by atoms with Crippen molar-refractivity contribution in [3.8, 4) is 0 Å². The lowest BCUT2D eigenvalue weighted by molar-refractivity contribution is -0.382. The summed E-state index contributed by atoms with van der Waals surface area (Å²) in [5, 5.41) is 10.9. The number of aromatic nitrogens is 2. The zero-order chi connectivity index (χ0) is 11.9. The van der Waals surface area contributed by atoms with Crippen molar-refractivity contribution in [2.45, 2.75) is 21.3 Å². The molecule has 6 heteroatoms. The Balaban J connectivity index is 0.00000144. The third kappa shape index (κ3) is 2.01. The molecule has 2 N–H and O–H groups in total. The molecule has 2 rings (SSSR count). The van der Waals surface area contributed by atoms with Crippen LogP contribution in [0.25, 0.3) is 11.0 Å². The first kappa shape index (κ1) is 12.8. The molecule has 0 fully saturated rings. The summed E-state index contributed by atoms with van der Waals surface area (Å²) < 4.78 is 0. The minimum atomic E-state index is -0.527. The number of aryl methyl sites for hydroxylation is 2. The van der Waals surface area contributed by atoms with E-state index in [9.17, 15) is 10.1 Å². The molecule has 0 aliphatic carbocycles. The lowest BCUT2D eigenvalue weighted by Gasteiger charge is -2.04. The summed E-state index contributed by atoms with van der Waals surface area (Å²) in [6, 6.07) is 3.11. The first-order valence-corrected chi connectivity index (χ1v) is 4.68. The predicted molar refractivity (Wildman–Crippen MR) is 66.8 cm³/mol. The van der Waals surface area contributed by atoms with Gasteiger partial charge in [-0.1, -0.05) is 7.43 Å². The second-order valence-electron chi connectivity index (χ2n) is 3.52. The van der Waals surface area contributed by atoms with Crippen LogP contribution in [0.4, 0.5) is 11.4 Å². The van der Waals surface area contributed by atoms with E-state index in [-0.39, 0.29) is 24.3 Å². The molecule has 1 aromatic heterocycles. The highest BCUT2D eigenvalue weighted by atomic mass is 16.6. The number of fused-ring (bicyclic) bond motifs is 1. The highest BCUT2D eigenvalue weighted by molar-refractivity contribution is 5.90. The number of rotatable bonds is 1. The number of hydrogen-bond donors (Lipinski definition) is 1. The Hall–Kier alpha value is -2.24. The first-order valence-electron chi connectivity index (χ1n) is 4.68. The Morgan fingerprint density at radius 1 is 1.24 bits per heavy atom. The van der Waals surface area contributed by atoms with Crippen LogP contribution in [-0.4, -0.2) is 14.9 Å². The molecule has 0 unspecified atom stereocenters. The van der Waals surface area contributed by atoms with Crippen molar-refractivity contribution in [3.05, 3.63) is 33.6 Å². The van der Waals surface area contributed by atoms with Crippen molar-refractivity contribution in [1.82, 2.24) is 9.97 Å². The normalized spacial score (nSPS) is 10.0. The van der Waals surface area contributed by atoms with E-state index in [1.807, 2.05) is 6.92 Å². The van der Waals surface area contributed by atoms with Gasteiger partial charge in [-0.25, -0.2) is 9.97 Å². The minimum absolute atomic E-state index is 0. The molecule has 1 aromatic carbocycles. The summed E-state index contributed by atoms with van der Waals surface area (Å²) in [6.45, 7) is 3.57. The zero-order valence-electron chi connectivity index (χ0n) is 8.89. The fraction of sp³-hybridized carbons (Fsp3) is 0.273. The van der Waals surface area contributed by atoms with E-state index in [0.29, 0.717) is 11.2 Å². The number of nitrogen functional groups attached to an aromatic ring is 1. The summed E-state index contributed by atoms with van der Waals surface area (Å²) in [5.74, 6) is 0. The van der Waals surface area contributed by atoms with Crippen LogP contribution in [-0.2, 0) is 0 Å². The van der Waals surface area contributed by atoms with E-state index in [2.05, 4.69) is 9.97 Å². The standard InChI is InChI=1S/C10H10N4O2.CH4/c1-5-6(2)13-9-8(12-5)4-3-7(11)10(9)14(15)16;/h3-4H,11H2,1-2H3;1H4. The second-order valence-corrected chi connectivity index (χ2v) is 3.52. The molecule has 0 saturated carbocycles. The smallest absolute Gasteiger partial charge is 0.319 e. The summed E-state index contributed by atoms with van der Waals surface area (Å²) in [4.78, 5) is 18.8. The molecule has 1 heterocycles. The summed E-state index contributed by atoms with van der Waals surface area (Å²) >= 11 is 0. The quantitative estimate of drug-likeness (QED) is 0.464. The molecule has 6 nitrogen and oxygen atoms in total. The SMILES string of the molecule is C.Cc1nc2ccc(N)c([N+](=O)[O-])c2nc1C. The maximum Gasteiger partial charge on any atom is 0.319 e. The lowest BCUT2D eigenvalue weighted by atomic mass is 10.2. The zero-order valence-corrected chi connectivity index (χ0v) is 8.89. The average molecular weight is 234 g/mol. The van der Waals surface area contributed by atoms with Gasteiger partial charge in [0.2, 0.25) is 0 Å². The van der Waals surface area contributed by atoms with Gasteiger partial charge in [0.25, 0.3) is 0 Å². The Morgan fingerprint density at radius 2 is 1.82 bits per heavy atom. The van der Waals surface area contributed by atoms with Gasteiger partial charge in [-0.2, -0.15) is 0 Å². The molecule has 17 heavy (non-hydrogen) atoms. The highest BCUT2D eigenvalue weighted by Crippen LogP contribution is 2.29. The monoisotopic (exact) mass is 234 g/mol. The summed E-state index contributed by atoms with van der Waals surface area (Å²) in [7, 11) is 0. The van der Waals surface area contributed by atoms with Crippen LogP contribution in [0, 0.1) is 24.0 Å². The Labute approximate surface area is 98.6 Å². The van der Waals surface area contributed by atoms with E-state index in [1.165, 1.54) is 6.07 Å². The molecule has 0 saturated heterocycles. The van der Waals surface area contributed by atoms with Crippen LogP contribution in [0.15, 0.2) is 12.1 Å². The molecule has 0 bridgehead atoms. The molecule has 0 spiro atoms. The molecular formula is C11H14N4O2. The van der Waals surface area contributed by atoms with Gasteiger partial charge in [0.05, 0.1) is 21.8 Å². The van der Waals surface area contributed by atoms with Gasteiger partial charge in [-0.15, -0.1) is 0 Å². The number of anilines is 1. The van der Waals surface area contributed by atoms with Crippen molar-refractivity contribution in [2.75, 3.05) is 5.73 Å². The van der Waals surface area contributed by atoms with Crippen molar-refractivity contribution >= 4 is 22.4 Å². The minimum Gasteiger partial charge on any atom is -0.393 e. The van der Waals surface area contributed by atoms with Crippen molar-refractivity contribution in [3.63, 3.8) is 0 Å². The molecular weight excluding hydrogens is 220 g/mol. The molecule has 0 atom stereocenters. The van der Waals surface area contributed by atoms with Gasteiger partial charge in [0.15, 0.2) is 5.52 Å². The van der Waals surface area contributed by atoms with Gasteiger partial charge >= 0.3 is 5.69 Å². The fourth-order valence-corrected chi connectivity index (χ4v) is 1.49. The van der Waals surface area contributed by atoms with Crippen LogP contribution in [0.1, 0.15) is 18.8 Å². The lowest BCUT2D eigenvalue weighted by Crippen LogP contribution is -2.01. The molecule has 0 amide bonds. The Morgan fingerprint density at radius 3 is 2.41 bits per heavy atom. The second kappa shape index (κ2) is 4.32. The summed E-state index contributed by atoms with van der Waals surface area (Å²) in [5.41, 5.74) is 7.66. The van der Waals surface area contributed by atoms with Gasteiger partial charge in [-0.05, 0) is 26.0 Å². The highest BCUT2D eigenvalue weighted by Gasteiger charge is 2.19. The van der Waals surface area contributed by atoms with Crippen molar-refractivity contribution in [2.24, 2.45) is 0 Å². The maximum absolute atomic E-state index is 10.9. The molecule has 0 aliphatic rings.